The predicted octanol–water partition coefficient (Wildman–Crippen LogP) is 3.30. The Morgan fingerprint density at radius 2 is 1.83 bits per heavy atom. The number of rotatable bonds is 9. The van der Waals surface area contributed by atoms with Crippen molar-refractivity contribution in [3.63, 3.8) is 0 Å². The molecule has 29 heavy (non-hydrogen) atoms. The Labute approximate surface area is 171 Å². The fourth-order valence-electron chi connectivity index (χ4n) is 2.99. The lowest BCUT2D eigenvalue weighted by Gasteiger charge is -2.28. The van der Waals surface area contributed by atoms with Crippen LogP contribution in [0.5, 0.6) is 5.75 Å². The zero-order chi connectivity index (χ0) is 21.6. The number of carbonyl (C=O) groups excluding carboxylic acids is 1. The molecule has 2 aromatic carbocycles. The molecule has 1 N–H and O–H groups in total. The van der Waals surface area contributed by atoms with Crippen LogP contribution in [0, 0.1) is 5.82 Å². The highest BCUT2D eigenvalue weighted by Crippen LogP contribution is 2.25. The van der Waals surface area contributed by atoms with Crippen LogP contribution in [0.3, 0.4) is 0 Å². The van der Waals surface area contributed by atoms with Crippen molar-refractivity contribution in [3.8, 4) is 5.75 Å². The summed E-state index contributed by atoms with van der Waals surface area (Å²) in [6.45, 7) is 6.03. The topological polar surface area (TPSA) is 75.7 Å². The molecule has 1 unspecified atom stereocenters. The van der Waals surface area contributed by atoms with Crippen LogP contribution in [0.1, 0.15) is 32.3 Å². The van der Waals surface area contributed by atoms with Gasteiger partial charge in [-0.2, -0.15) is 0 Å². The zero-order valence-electron chi connectivity index (χ0n) is 17.1. The minimum Gasteiger partial charge on any atom is -0.491 e. The van der Waals surface area contributed by atoms with Crippen LogP contribution in [-0.2, 0) is 14.8 Å². The van der Waals surface area contributed by atoms with E-state index in [0.717, 1.165) is 27.9 Å². The number of nitrogens with one attached hydrogen (secondary N) is 1. The minimum atomic E-state index is -3.79. The van der Waals surface area contributed by atoms with Gasteiger partial charge >= 0.3 is 0 Å². The van der Waals surface area contributed by atoms with Gasteiger partial charge < -0.3 is 10.1 Å². The Bertz CT molecular complexity index is 947. The van der Waals surface area contributed by atoms with E-state index < -0.39 is 27.8 Å². The Balaban J connectivity index is 2.00. The minimum absolute atomic E-state index is 0.0947. The molecule has 0 aliphatic carbocycles. The smallest absolute Gasteiger partial charge is 0.243 e. The van der Waals surface area contributed by atoms with E-state index in [-0.39, 0.29) is 18.8 Å². The summed E-state index contributed by atoms with van der Waals surface area (Å²) in [6.07, 6.45) is 0.980. The SMILES string of the molecule is CC(C)c1ccccc1OCCNC(=O)C(C)N(c1cccc(F)c1)S(C)(=O)=O. The van der Waals surface area contributed by atoms with E-state index in [4.69, 9.17) is 4.74 Å². The third-order valence-corrected chi connectivity index (χ3v) is 5.59. The molecule has 2 aromatic rings. The molecule has 158 valence electrons. The molecule has 1 amide bonds. The van der Waals surface area contributed by atoms with Crippen LogP contribution in [-0.4, -0.2) is 39.8 Å². The van der Waals surface area contributed by atoms with Crippen LogP contribution >= 0.6 is 0 Å². The van der Waals surface area contributed by atoms with Crippen molar-refractivity contribution in [2.24, 2.45) is 0 Å². The van der Waals surface area contributed by atoms with Crippen molar-refractivity contribution in [2.45, 2.75) is 32.7 Å². The summed E-state index contributed by atoms with van der Waals surface area (Å²) < 4.78 is 44.6. The summed E-state index contributed by atoms with van der Waals surface area (Å²) in [5.41, 5.74) is 1.17. The molecule has 0 heterocycles. The molecule has 6 nitrogen and oxygen atoms in total. The summed E-state index contributed by atoms with van der Waals surface area (Å²) in [7, 11) is -3.79. The Morgan fingerprint density at radius 1 is 1.14 bits per heavy atom. The second kappa shape index (κ2) is 9.73. The number of benzene rings is 2. The van der Waals surface area contributed by atoms with Gasteiger partial charge in [0.05, 0.1) is 18.5 Å². The predicted molar refractivity (Wildman–Crippen MR) is 112 cm³/mol. The van der Waals surface area contributed by atoms with Gasteiger partial charge in [0.2, 0.25) is 15.9 Å². The van der Waals surface area contributed by atoms with Gasteiger partial charge in [0.25, 0.3) is 0 Å². The number of hydrogen-bond acceptors (Lipinski definition) is 4. The first kappa shape index (κ1) is 22.7. The molecule has 2 rings (SSSR count). The van der Waals surface area contributed by atoms with Crippen LogP contribution in [0.2, 0.25) is 0 Å². The van der Waals surface area contributed by atoms with Crippen LogP contribution in [0.15, 0.2) is 48.5 Å². The van der Waals surface area contributed by atoms with Gasteiger partial charge in [-0.25, -0.2) is 12.8 Å². The van der Waals surface area contributed by atoms with E-state index >= 15 is 0 Å². The normalized spacial score (nSPS) is 12.5. The van der Waals surface area contributed by atoms with Gasteiger partial charge in [0.1, 0.15) is 24.2 Å². The number of ether oxygens (including phenoxy) is 1. The number of para-hydroxylation sites is 1. The van der Waals surface area contributed by atoms with Crippen molar-refractivity contribution in [1.82, 2.24) is 5.32 Å². The average Bonchev–Trinajstić information content (AvgIpc) is 2.64. The summed E-state index contributed by atoms with van der Waals surface area (Å²) in [4.78, 5) is 12.5. The third kappa shape index (κ3) is 6.19. The lowest BCUT2D eigenvalue weighted by atomic mass is 10.0. The van der Waals surface area contributed by atoms with Gasteiger partial charge in [0, 0.05) is 0 Å². The monoisotopic (exact) mass is 422 g/mol. The summed E-state index contributed by atoms with van der Waals surface area (Å²) in [6, 6.07) is 11.8. The molecule has 0 aliphatic heterocycles. The second-order valence-corrected chi connectivity index (χ2v) is 8.91. The first-order valence-electron chi connectivity index (χ1n) is 9.35. The van der Waals surface area contributed by atoms with Crippen LogP contribution in [0.4, 0.5) is 10.1 Å². The van der Waals surface area contributed by atoms with Crippen molar-refractivity contribution in [1.29, 1.82) is 0 Å². The number of carbonyl (C=O) groups is 1. The number of amides is 1. The standard InChI is InChI=1S/C21H27FN2O4S/c1-15(2)19-10-5-6-11-20(19)28-13-12-23-21(25)16(3)24(29(4,26)27)18-9-7-8-17(22)14-18/h5-11,14-16H,12-13H2,1-4H3,(H,23,25). The van der Waals surface area contributed by atoms with E-state index in [1.807, 2.05) is 24.3 Å². The summed E-state index contributed by atoms with van der Waals surface area (Å²) in [5, 5.41) is 2.67. The third-order valence-electron chi connectivity index (χ3n) is 4.35. The molecular formula is C21H27FN2O4S. The second-order valence-electron chi connectivity index (χ2n) is 7.05. The van der Waals surface area contributed by atoms with E-state index in [2.05, 4.69) is 19.2 Å². The van der Waals surface area contributed by atoms with Gasteiger partial charge in [-0.05, 0) is 42.7 Å². The maximum atomic E-state index is 13.5. The molecule has 1 atom stereocenters. The number of hydrogen-bond donors (Lipinski definition) is 1. The fourth-order valence-corrected chi connectivity index (χ4v) is 4.16. The van der Waals surface area contributed by atoms with Gasteiger partial charge in [0.15, 0.2) is 0 Å². The van der Waals surface area contributed by atoms with E-state index in [9.17, 15) is 17.6 Å². The molecule has 0 radical (unpaired) electrons. The van der Waals surface area contributed by atoms with Gasteiger partial charge in [-0.3, -0.25) is 9.10 Å². The van der Waals surface area contributed by atoms with E-state index in [1.54, 1.807) is 0 Å². The van der Waals surface area contributed by atoms with Gasteiger partial charge in [-0.1, -0.05) is 38.1 Å². The highest BCUT2D eigenvalue weighted by Gasteiger charge is 2.29. The van der Waals surface area contributed by atoms with Crippen molar-refractivity contribution >= 4 is 21.6 Å². The number of sulfonamides is 1. The molecule has 0 bridgehead atoms. The molecule has 0 saturated carbocycles. The Morgan fingerprint density at radius 3 is 2.45 bits per heavy atom. The average molecular weight is 423 g/mol. The van der Waals surface area contributed by atoms with Crippen molar-refractivity contribution < 1.29 is 22.3 Å². The van der Waals surface area contributed by atoms with Crippen LogP contribution < -0.4 is 14.4 Å². The Kier molecular flexibility index (Phi) is 7.61. The fraction of sp³-hybridized carbons (Fsp3) is 0.381. The van der Waals surface area contributed by atoms with Crippen molar-refractivity contribution in [3.05, 3.63) is 59.9 Å². The lowest BCUT2D eigenvalue weighted by molar-refractivity contribution is -0.121. The quantitative estimate of drug-likeness (QED) is 0.629. The van der Waals surface area contributed by atoms with E-state index in [0.29, 0.717) is 5.92 Å². The molecule has 0 fully saturated rings. The van der Waals surface area contributed by atoms with Crippen LogP contribution in [0.25, 0.3) is 0 Å². The molecule has 0 aromatic heterocycles. The van der Waals surface area contributed by atoms with Gasteiger partial charge in [-0.15, -0.1) is 0 Å². The maximum absolute atomic E-state index is 13.5. The first-order valence-corrected chi connectivity index (χ1v) is 11.2. The van der Waals surface area contributed by atoms with E-state index in [1.165, 1.54) is 25.1 Å². The number of anilines is 1. The molecule has 0 saturated heterocycles. The highest BCUT2D eigenvalue weighted by atomic mass is 32.2. The highest BCUT2D eigenvalue weighted by molar-refractivity contribution is 7.92. The molecular weight excluding hydrogens is 395 g/mol. The number of halogens is 1. The van der Waals surface area contributed by atoms with Crippen molar-refractivity contribution in [2.75, 3.05) is 23.7 Å². The number of nitrogens with zero attached hydrogens (tertiary/aromatic N) is 1. The largest absolute Gasteiger partial charge is 0.491 e. The zero-order valence-corrected chi connectivity index (χ0v) is 17.9. The Hall–Kier alpha value is -2.61. The molecule has 0 spiro atoms. The first-order chi connectivity index (χ1) is 13.6. The summed E-state index contributed by atoms with van der Waals surface area (Å²) >= 11 is 0. The maximum Gasteiger partial charge on any atom is 0.243 e. The molecule has 0 aliphatic rings. The summed E-state index contributed by atoms with van der Waals surface area (Å²) in [5.74, 6) is -0.0286. The lowest BCUT2D eigenvalue weighted by Crippen LogP contribution is -2.48. The molecule has 8 heteroatoms.